The van der Waals surface area contributed by atoms with Crippen LogP contribution in [0.3, 0.4) is 0 Å². The van der Waals surface area contributed by atoms with Gasteiger partial charge in [0.05, 0.1) is 11.5 Å². The quantitative estimate of drug-likeness (QED) is 0.656. The maximum atomic E-state index is 11.4. The van der Waals surface area contributed by atoms with E-state index in [-0.39, 0.29) is 24.0 Å². The molecule has 1 rings (SSSR count). The zero-order valence-corrected chi connectivity index (χ0v) is 10.9. The van der Waals surface area contributed by atoms with Crippen LogP contribution < -0.4 is 4.72 Å². The average Bonchev–Trinajstić information content (AvgIpc) is 2.54. The first-order valence-electron chi connectivity index (χ1n) is 5.06. The molecule has 1 saturated heterocycles. The lowest BCUT2D eigenvalue weighted by molar-refractivity contribution is -0.136. The summed E-state index contributed by atoms with van der Waals surface area (Å²) >= 11 is 0. The van der Waals surface area contributed by atoms with Crippen molar-refractivity contribution in [3.05, 3.63) is 0 Å². The summed E-state index contributed by atoms with van der Waals surface area (Å²) in [6, 6.07) is 0. The molecular formula is C8H15NO6S2. The van der Waals surface area contributed by atoms with Crippen LogP contribution in [0.25, 0.3) is 0 Å². The highest BCUT2D eigenvalue weighted by Crippen LogP contribution is 2.17. The third kappa shape index (κ3) is 3.93. The zero-order chi connectivity index (χ0) is 13.3. The fraction of sp³-hybridized carbons (Fsp3) is 0.875. The molecule has 0 radical (unpaired) electrons. The predicted octanol–water partition coefficient (Wildman–Crippen LogP) is -1.19. The molecule has 17 heavy (non-hydrogen) atoms. The number of aliphatic carboxylic acids is 1. The van der Waals surface area contributed by atoms with E-state index < -0.39 is 31.1 Å². The van der Waals surface area contributed by atoms with Crippen LogP contribution in [0.2, 0.25) is 0 Å². The Morgan fingerprint density at radius 3 is 2.53 bits per heavy atom. The van der Waals surface area contributed by atoms with Crippen LogP contribution in [-0.2, 0) is 24.7 Å². The van der Waals surface area contributed by atoms with Gasteiger partial charge in [-0.25, -0.2) is 21.6 Å². The van der Waals surface area contributed by atoms with Crippen LogP contribution in [-0.4, -0.2) is 51.2 Å². The molecule has 2 N–H and O–H groups in total. The Kier molecular flexibility index (Phi) is 4.15. The van der Waals surface area contributed by atoms with Crippen molar-refractivity contribution in [2.75, 3.05) is 18.1 Å². The van der Waals surface area contributed by atoms with Gasteiger partial charge in [0.1, 0.15) is 0 Å². The van der Waals surface area contributed by atoms with E-state index in [2.05, 4.69) is 4.72 Å². The second-order valence-corrected chi connectivity index (χ2v) is 8.46. The van der Waals surface area contributed by atoms with Gasteiger partial charge in [-0.3, -0.25) is 4.79 Å². The number of carboxylic acid groups (broad SMARTS) is 1. The van der Waals surface area contributed by atoms with Gasteiger partial charge in [-0.15, -0.1) is 0 Å². The average molecular weight is 285 g/mol. The molecule has 0 saturated carbocycles. The van der Waals surface area contributed by atoms with Crippen molar-refractivity contribution in [3.8, 4) is 0 Å². The number of sulfonamides is 1. The molecule has 2 unspecified atom stereocenters. The molecular weight excluding hydrogens is 270 g/mol. The van der Waals surface area contributed by atoms with Crippen LogP contribution >= 0.6 is 0 Å². The first-order chi connectivity index (χ1) is 7.64. The number of hydrogen-bond acceptors (Lipinski definition) is 5. The van der Waals surface area contributed by atoms with E-state index in [0.717, 1.165) is 6.92 Å². The first kappa shape index (κ1) is 14.4. The Morgan fingerprint density at radius 1 is 1.53 bits per heavy atom. The van der Waals surface area contributed by atoms with Crippen molar-refractivity contribution in [2.45, 2.75) is 18.6 Å². The molecule has 7 nitrogen and oxygen atoms in total. The SMILES string of the molecule is CC(C(=O)O)S(=O)(=O)NCC1CCS(=O)(=O)C1. The van der Waals surface area contributed by atoms with Crippen molar-refractivity contribution in [3.63, 3.8) is 0 Å². The molecule has 1 aliphatic heterocycles. The Bertz CT molecular complexity index is 494. The molecule has 100 valence electrons. The summed E-state index contributed by atoms with van der Waals surface area (Å²) in [6.07, 6.45) is 0.409. The van der Waals surface area contributed by atoms with Crippen molar-refractivity contribution in [2.24, 2.45) is 5.92 Å². The topological polar surface area (TPSA) is 118 Å². The van der Waals surface area contributed by atoms with Crippen LogP contribution in [0.5, 0.6) is 0 Å². The Labute approximate surface area is 100 Å². The van der Waals surface area contributed by atoms with E-state index in [4.69, 9.17) is 5.11 Å². The maximum Gasteiger partial charge on any atom is 0.323 e. The number of nitrogens with one attached hydrogen (secondary N) is 1. The van der Waals surface area contributed by atoms with Gasteiger partial charge in [0.15, 0.2) is 15.1 Å². The second-order valence-electron chi connectivity index (χ2n) is 4.14. The molecule has 0 aromatic heterocycles. The molecule has 0 bridgehead atoms. The predicted molar refractivity (Wildman–Crippen MR) is 60.8 cm³/mol. The maximum absolute atomic E-state index is 11.4. The summed E-state index contributed by atoms with van der Waals surface area (Å²) in [5.41, 5.74) is 0. The molecule has 0 amide bonds. The van der Waals surface area contributed by atoms with E-state index in [1.54, 1.807) is 0 Å². The summed E-state index contributed by atoms with van der Waals surface area (Å²) in [6.45, 7) is 1.04. The van der Waals surface area contributed by atoms with Gasteiger partial charge < -0.3 is 5.11 Å². The van der Waals surface area contributed by atoms with Crippen molar-refractivity contribution in [1.29, 1.82) is 0 Å². The highest BCUT2D eigenvalue weighted by atomic mass is 32.2. The van der Waals surface area contributed by atoms with E-state index in [1.165, 1.54) is 0 Å². The standard InChI is InChI=1S/C8H15NO6S2/c1-6(8(10)11)17(14,15)9-4-7-2-3-16(12,13)5-7/h6-7,9H,2-5H2,1H3,(H,10,11). The third-order valence-corrected chi connectivity index (χ3v) is 6.25. The van der Waals surface area contributed by atoms with Gasteiger partial charge in [-0.1, -0.05) is 0 Å². The molecule has 0 aromatic rings. The van der Waals surface area contributed by atoms with E-state index in [1.807, 2.05) is 0 Å². The highest BCUT2D eigenvalue weighted by Gasteiger charge is 2.31. The van der Waals surface area contributed by atoms with E-state index in [9.17, 15) is 21.6 Å². The highest BCUT2D eigenvalue weighted by molar-refractivity contribution is 7.91. The summed E-state index contributed by atoms with van der Waals surface area (Å²) < 4.78 is 47.3. The molecule has 1 aliphatic rings. The lowest BCUT2D eigenvalue weighted by Crippen LogP contribution is -2.39. The van der Waals surface area contributed by atoms with Crippen LogP contribution in [0.4, 0.5) is 0 Å². The number of carboxylic acids is 1. The third-order valence-electron chi connectivity index (χ3n) is 2.71. The van der Waals surface area contributed by atoms with Gasteiger partial charge in [-0.05, 0) is 19.3 Å². The first-order valence-corrected chi connectivity index (χ1v) is 8.42. The van der Waals surface area contributed by atoms with Gasteiger partial charge in [0, 0.05) is 6.54 Å². The molecule has 0 aliphatic carbocycles. The summed E-state index contributed by atoms with van der Waals surface area (Å²) in [4.78, 5) is 10.5. The lowest BCUT2D eigenvalue weighted by Gasteiger charge is -2.12. The Balaban J connectivity index is 2.55. The van der Waals surface area contributed by atoms with Gasteiger partial charge in [-0.2, -0.15) is 0 Å². The minimum Gasteiger partial charge on any atom is -0.480 e. The molecule has 1 heterocycles. The number of sulfone groups is 1. The fourth-order valence-corrected chi connectivity index (χ4v) is 4.37. The molecule has 0 aromatic carbocycles. The van der Waals surface area contributed by atoms with Crippen molar-refractivity contribution >= 4 is 25.8 Å². The Hall–Kier alpha value is -0.670. The van der Waals surface area contributed by atoms with E-state index >= 15 is 0 Å². The number of rotatable bonds is 5. The minimum atomic E-state index is -3.93. The van der Waals surface area contributed by atoms with Gasteiger partial charge in [0.25, 0.3) is 0 Å². The molecule has 2 atom stereocenters. The smallest absolute Gasteiger partial charge is 0.323 e. The van der Waals surface area contributed by atoms with Gasteiger partial charge in [0.2, 0.25) is 10.0 Å². The van der Waals surface area contributed by atoms with Crippen LogP contribution in [0.15, 0.2) is 0 Å². The minimum absolute atomic E-state index is 0.0286. The summed E-state index contributed by atoms with van der Waals surface area (Å²) in [7, 11) is -6.98. The second kappa shape index (κ2) is 4.91. The summed E-state index contributed by atoms with van der Waals surface area (Å²) in [5.74, 6) is -1.68. The van der Waals surface area contributed by atoms with Gasteiger partial charge >= 0.3 is 5.97 Å². The van der Waals surface area contributed by atoms with E-state index in [0.29, 0.717) is 6.42 Å². The largest absolute Gasteiger partial charge is 0.480 e. The summed E-state index contributed by atoms with van der Waals surface area (Å²) in [5, 5.41) is 7.04. The molecule has 1 fully saturated rings. The zero-order valence-electron chi connectivity index (χ0n) is 9.29. The lowest BCUT2D eigenvalue weighted by atomic mass is 10.1. The molecule has 9 heteroatoms. The van der Waals surface area contributed by atoms with Crippen molar-refractivity contribution in [1.82, 2.24) is 4.72 Å². The van der Waals surface area contributed by atoms with Crippen molar-refractivity contribution < 1.29 is 26.7 Å². The van der Waals surface area contributed by atoms with Crippen LogP contribution in [0, 0.1) is 5.92 Å². The normalized spacial score (nSPS) is 25.6. The molecule has 0 spiro atoms. The Morgan fingerprint density at radius 2 is 2.12 bits per heavy atom. The monoisotopic (exact) mass is 285 g/mol. The number of carbonyl (C=O) groups is 1. The van der Waals surface area contributed by atoms with Crippen LogP contribution in [0.1, 0.15) is 13.3 Å². The number of hydrogen-bond donors (Lipinski definition) is 2. The fourth-order valence-electron chi connectivity index (χ4n) is 1.52.